The largest absolute Gasteiger partial charge is 0.421 e. The Balaban J connectivity index is 1.81. The van der Waals surface area contributed by atoms with Crippen LogP contribution in [0.5, 0.6) is 0 Å². The van der Waals surface area contributed by atoms with Gasteiger partial charge in [0.05, 0.1) is 12.3 Å². The Morgan fingerprint density at radius 2 is 1.94 bits per heavy atom. The van der Waals surface area contributed by atoms with E-state index in [1.54, 1.807) is 36.4 Å². The van der Waals surface area contributed by atoms with Gasteiger partial charge in [-0.15, -0.1) is 12.6 Å². The second-order valence-corrected chi connectivity index (χ2v) is 8.87. The first-order valence-electron chi connectivity index (χ1n) is 10.6. The summed E-state index contributed by atoms with van der Waals surface area (Å²) in [5.41, 5.74) is 5.09. The molecule has 0 aliphatic carbocycles. The van der Waals surface area contributed by atoms with E-state index in [1.165, 1.54) is 20.2 Å². The Hall–Kier alpha value is -3.58. The van der Waals surface area contributed by atoms with Gasteiger partial charge in [-0.05, 0) is 31.0 Å². The fourth-order valence-corrected chi connectivity index (χ4v) is 4.94. The van der Waals surface area contributed by atoms with Gasteiger partial charge in [-0.1, -0.05) is 18.2 Å². The number of nitrogens with two attached hydrogens (primary N) is 1. The van der Waals surface area contributed by atoms with Crippen LogP contribution in [0, 0.1) is 0 Å². The molecule has 5 rings (SSSR count). The van der Waals surface area contributed by atoms with Gasteiger partial charge in [-0.2, -0.15) is 23.3 Å². The summed E-state index contributed by atoms with van der Waals surface area (Å²) < 4.78 is 44.3. The number of aliphatic hydroxyl groups excluding tert-OH is 1. The van der Waals surface area contributed by atoms with Crippen molar-refractivity contribution in [2.24, 2.45) is 0 Å². The minimum Gasteiger partial charge on any atom is -0.392 e. The Morgan fingerprint density at radius 3 is 2.63 bits per heavy atom. The van der Waals surface area contributed by atoms with Crippen LogP contribution in [0.15, 0.2) is 53.6 Å². The molecule has 3 aromatic heterocycles. The van der Waals surface area contributed by atoms with Crippen molar-refractivity contribution in [1.29, 1.82) is 0 Å². The first-order chi connectivity index (χ1) is 16.6. The standard InChI is InChI=1S/C22H20F3N7O2S/c23-22(24,25)15-11-27-20(26)28-17(15)30-9-4-8-21(30,35)19-29-31-10-7-13(12-33)16(31)18(34)32(19)14-5-2-1-3-6-14/h1-3,5-7,10-11,33,35H,4,8-9,12H2,(H2,26,27,28)/t21-/m1/s1. The molecular weight excluding hydrogens is 483 g/mol. The average Bonchev–Trinajstić information content (AvgIpc) is 3.42. The number of benzene rings is 1. The molecule has 1 aliphatic rings. The van der Waals surface area contributed by atoms with Crippen molar-refractivity contribution < 1.29 is 18.3 Å². The van der Waals surface area contributed by atoms with Gasteiger partial charge in [0.2, 0.25) is 5.95 Å². The van der Waals surface area contributed by atoms with E-state index < -0.39 is 28.0 Å². The lowest BCUT2D eigenvalue weighted by Gasteiger charge is -2.36. The van der Waals surface area contributed by atoms with E-state index in [0.29, 0.717) is 23.9 Å². The van der Waals surface area contributed by atoms with Crippen molar-refractivity contribution in [3.05, 3.63) is 76.1 Å². The van der Waals surface area contributed by atoms with E-state index in [1.807, 2.05) is 0 Å². The summed E-state index contributed by atoms with van der Waals surface area (Å²) in [4.78, 5) is 21.1. The summed E-state index contributed by atoms with van der Waals surface area (Å²) >= 11 is 4.85. The van der Waals surface area contributed by atoms with Crippen molar-refractivity contribution in [3.63, 3.8) is 0 Å². The molecule has 13 heteroatoms. The third kappa shape index (κ3) is 3.71. The molecule has 182 valence electrons. The number of nitrogen functional groups attached to an aromatic ring is 1. The Kier molecular flexibility index (Phi) is 5.48. The molecule has 0 bridgehead atoms. The molecule has 0 unspecified atom stereocenters. The van der Waals surface area contributed by atoms with Crippen LogP contribution in [0.2, 0.25) is 0 Å². The quantitative estimate of drug-likeness (QED) is 0.367. The molecule has 1 fully saturated rings. The van der Waals surface area contributed by atoms with E-state index >= 15 is 0 Å². The van der Waals surface area contributed by atoms with Gasteiger partial charge in [0.15, 0.2) is 5.82 Å². The highest BCUT2D eigenvalue weighted by atomic mass is 32.1. The van der Waals surface area contributed by atoms with Crippen LogP contribution in [0.4, 0.5) is 24.9 Å². The molecule has 35 heavy (non-hydrogen) atoms. The monoisotopic (exact) mass is 503 g/mol. The number of hydrogen-bond donors (Lipinski definition) is 3. The normalized spacial score (nSPS) is 18.5. The topological polar surface area (TPSA) is 115 Å². The van der Waals surface area contributed by atoms with Crippen LogP contribution in [-0.2, 0) is 17.7 Å². The maximum atomic E-state index is 13.9. The minimum atomic E-state index is -4.74. The van der Waals surface area contributed by atoms with Gasteiger partial charge in [0.1, 0.15) is 21.8 Å². The summed E-state index contributed by atoms with van der Waals surface area (Å²) in [5.74, 6) is -0.653. The number of aliphatic hydroxyl groups is 1. The molecule has 4 aromatic rings. The molecule has 9 nitrogen and oxygen atoms in total. The number of hydrogen-bond acceptors (Lipinski definition) is 8. The SMILES string of the molecule is Nc1ncc(C(F)(F)F)c(N2CCC[C@@]2(S)c2nn3ccc(CO)c3c(=O)n2-c2ccccc2)n1. The summed E-state index contributed by atoms with van der Waals surface area (Å²) in [6.45, 7) is -0.214. The second-order valence-electron chi connectivity index (χ2n) is 8.13. The van der Waals surface area contributed by atoms with Gasteiger partial charge in [-0.3, -0.25) is 9.36 Å². The molecule has 1 aromatic carbocycles. The summed E-state index contributed by atoms with van der Waals surface area (Å²) in [5, 5.41) is 14.3. The van der Waals surface area contributed by atoms with Crippen LogP contribution < -0.4 is 16.2 Å². The lowest BCUT2D eigenvalue weighted by Crippen LogP contribution is -2.44. The number of anilines is 2. The van der Waals surface area contributed by atoms with Gasteiger partial charge >= 0.3 is 6.18 Å². The average molecular weight is 504 g/mol. The zero-order valence-electron chi connectivity index (χ0n) is 18.1. The smallest absolute Gasteiger partial charge is 0.392 e. The lowest BCUT2D eigenvalue weighted by atomic mass is 10.1. The number of aromatic nitrogens is 5. The lowest BCUT2D eigenvalue weighted by molar-refractivity contribution is -0.137. The van der Waals surface area contributed by atoms with Crippen molar-refractivity contribution in [2.75, 3.05) is 17.2 Å². The molecule has 0 radical (unpaired) electrons. The predicted molar refractivity (Wildman–Crippen MR) is 125 cm³/mol. The summed E-state index contributed by atoms with van der Waals surface area (Å²) in [6, 6.07) is 10.2. The van der Waals surface area contributed by atoms with Crippen molar-refractivity contribution in [3.8, 4) is 5.69 Å². The summed E-state index contributed by atoms with van der Waals surface area (Å²) in [6.07, 6.45) is -1.85. The van der Waals surface area contributed by atoms with Gasteiger partial charge in [0.25, 0.3) is 5.56 Å². The van der Waals surface area contributed by atoms with Crippen molar-refractivity contribution >= 4 is 29.9 Å². The van der Waals surface area contributed by atoms with E-state index in [4.69, 9.17) is 18.4 Å². The van der Waals surface area contributed by atoms with Gasteiger partial charge in [-0.25, -0.2) is 9.50 Å². The molecule has 0 amide bonds. The first-order valence-corrected chi connectivity index (χ1v) is 11.1. The molecule has 0 spiro atoms. The number of fused-ring (bicyclic) bond motifs is 1. The van der Waals surface area contributed by atoms with Gasteiger partial charge < -0.3 is 15.7 Å². The molecule has 3 N–H and O–H groups in total. The number of thiol groups is 1. The molecule has 0 saturated carbocycles. The van der Waals surface area contributed by atoms with Crippen LogP contribution >= 0.6 is 12.6 Å². The van der Waals surface area contributed by atoms with Crippen molar-refractivity contribution in [1.82, 2.24) is 24.1 Å². The van der Waals surface area contributed by atoms with E-state index in [0.717, 1.165) is 0 Å². The maximum absolute atomic E-state index is 13.9. The van der Waals surface area contributed by atoms with Gasteiger partial charge in [0, 0.05) is 24.5 Å². The van der Waals surface area contributed by atoms with Crippen LogP contribution in [-0.4, -0.2) is 35.8 Å². The maximum Gasteiger partial charge on any atom is 0.421 e. The molecule has 1 atom stereocenters. The molecule has 4 heterocycles. The first kappa shape index (κ1) is 23.2. The predicted octanol–water partition coefficient (Wildman–Crippen LogP) is 2.75. The highest BCUT2D eigenvalue weighted by Crippen LogP contribution is 2.47. The highest BCUT2D eigenvalue weighted by molar-refractivity contribution is 7.81. The van der Waals surface area contributed by atoms with E-state index in [2.05, 4.69) is 15.1 Å². The zero-order chi connectivity index (χ0) is 25.0. The van der Waals surface area contributed by atoms with Crippen LogP contribution in [0.3, 0.4) is 0 Å². The third-order valence-electron chi connectivity index (χ3n) is 6.01. The van der Waals surface area contributed by atoms with Crippen LogP contribution in [0.1, 0.15) is 29.8 Å². The van der Waals surface area contributed by atoms with E-state index in [9.17, 15) is 23.1 Å². The number of para-hydroxylation sites is 1. The van der Waals surface area contributed by atoms with Crippen molar-refractivity contribution in [2.45, 2.75) is 30.5 Å². The number of rotatable bonds is 4. The number of halogens is 3. The van der Waals surface area contributed by atoms with Crippen LogP contribution in [0.25, 0.3) is 11.2 Å². The second kappa shape index (κ2) is 8.27. The fourth-order valence-electron chi connectivity index (χ4n) is 4.44. The highest BCUT2D eigenvalue weighted by Gasteiger charge is 2.48. The molecular formula is C22H20F3N7O2S. The molecule has 1 saturated heterocycles. The molecule has 1 aliphatic heterocycles. The number of nitrogens with zero attached hydrogens (tertiary/aromatic N) is 6. The summed E-state index contributed by atoms with van der Waals surface area (Å²) in [7, 11) is 0. The van der Waals surface area contributed by atoms with E-state index in [-0.39, 0.29) is 36.9 Å². The Bertz CT molecular complexity index is 1470. The number of alkyl halides is 3. The minimum absolute atomic E-state index is 0.104. The fraction of sp³-hybridized carbons (Fsp3) is 0.273. The zero-order valence-corrected chi connectivity index (χ0v) is 19.0. The third-order valence-corrected chi connectivity index (χ3v) is 6.68. The Labute approximate surface area is 202 Å². The Morgan fingerprint density at radius 1 is 1.20 bits per heavy atom.